The Bertz CT molecular complexity index is 1340. The summed E-state index contributed by atoms with van der Waals surface area (Å²) in [5, 5.41) is 45.8. The second kappa shape index (κ2) is 16.4. The van der Waals surface area contributed by atoms with Gasteiger partial charge < -0.3 is 29.9 Å². The minimum atomic E-state index is -0.539. The number of methoxy groups -OCH3 is 1. The van der Waals surface area contributed by atoms with Crippen molar-refractivity contribution in [2.75, 3.05) is 32.7 Å². The lowest BCUT2D eigenvalue weighted by Gasteiger charge is -2.22. The van der Waals surface area contributed by atoms with E-state index < -0.39 is 6.10 Å². The molecule has 228 valence electrons. The van der Waals surface area contributed by atoms with Crippen LogP contribution in [-0.2, 0) is 21.7 Å². The van der Waals surface area contributed by atoms with E-state index in [2.05, 4.69) is 5.32 Å². The monoisotopic (exact) mass is 615 g/mol. The highest BCUT2D eigenvalue weighted by Crippen LogP contribution is 2.45. The summed E-state index contributed by atoms with van der Waals surface area (Å²) >= 11 is 0. The van der Waals surface area contributed by atoms with E-state index in [0.717, 1.165) is 52.4 Å². The number of fused-ring (bicyclic) bond motifs is 5. The number of benzene rings is 3. The van der Waals surface area contributed by atoms with Crippen molar-refractivity contribution in [3.63, 3.8) is 0 Å². The first-order valence-corrected chi connectivity index (χ1v) is 16.9. The predicted molar refractivity (Wildman–Crippen MR) is 170 cm³/mol. The topological polar surface area (TPSA) is 128 Å². The van der Waals surface area contributed by atoms with Crippen LogP contribution in [0.5, 0.6) is 17.2 Å². The van der Waals surface area contributed by atoms with Crippen LogP contribution in [0.4, 0.5) is 0 Å². The van der Waals surface area contributed by atoms with E-state index in [1.807, 2.05) is 24.3 Å². The molecular weight excluding hydrogens is 574 g/mol. The molecule has 42 heavy (non-hydrogen) atoms. The van der Waals surface area contributed by atoms with E-state index in [0.29, 0.717) is 49.7 Å². The van der Waals surface area contributed by atoms with Crippen LogP contribution < -0.4 is 10.1 Å². The van der Waals surface area contributed by atoms with Crippen LogP contribution in [-0.4, -0.2) is 71.2 Å². The lowest BCUT2D eigenvalue weighted by Crippen LogP contribution is -2.27. The van der Waals surface area contributed by atoms with Crippen LogP contribution in [0.25, 0.3) is 21.9 Å². The number of aromatic hydroxyl groups is 2. The summed E-state index contributed by atoms with van der Waals surface area (Å²) in [6.45, 7) is 1.19. The number of ether oxygens (including phenoxy) is 2. The summed E-state index contributed by atoms with van der Waals surface area (Å²) in [6, 6.07) is 12.8. The lowest BCUT2D eigenvalue weighted by atomic mass is 9.89. The van der Waals surface area contributed by atoms with E-state index >= 15 is 0 Å². The molecule has 4 rings (SSSR count). The Morgan fingerprint density at radius 1 is 1.02 bits per heavy atom. The number of phenols is 2. The number of Topliss-reactive ketones (excluding diaryl/α,β-unsaturated/α-hetero) is 1. The summed E-state index contributed by atoms with van der Waals surface area (Å²) in [5.41, 5.74) is 3.49. The van der Waals surface area contributed by atoms with Crippen LogP contribution in [0.3, 0.4) is 0 Å². The highest BCUT2D eigenvalue weighted by molar-refractivity contribution is 8.76. The number of carbonyl (C=O) groups excluding carboxylic acids is 1. The minimum absolute atomic E-state index is 0.0176. The number of rotatable bonds is 8. The van der Waals surface area contributed by atoms with E-state index in [1.165, 1.54) is 7.11 Å². The van der Waals surface area contributed by atoms with Crippen molar-refractivity contribution in [2.45, 2.75) is 62.9 Å². The number of carbonyl (C=O) groups is 1. The van der Waals surface area contributed by atoms with Gasteiger partial charge in [0, 0.05) is 36.5 Å². The first kappa shape index (κ1) is 32.4. The van der Waals surface area contributed by atoms with E-state index in [-0.39, 0.29) is 36.4 Å². The fourth-order valence-electron chi connectivity index (χ4n) is 5.26. The predicted octanol–water partition coefficient (Wildman–Crippen LogP) is 5.56. The summed E-state index contributed by atoms with van der Waals surface area (Å²) in [5.74, 6) is 1.72. The average molecular weight is 616 g/mol. The Labute approximate surface area is 255 Å². The molecule has 0 bridgehead atoms. The van der Waals surface area contributed by atoms with Crippen LogP contribution in [0, 0.1) is 0 Å². The SMILES string of the molecule is COc1c(O)ccc2c1-c1ccc3ccc(O)cc3c1CSSC[C@@H](O)CC[C@@H](OCNCCCCO)CC(=O)CC2. The van der Waals surface area contributed by atoms with Gasteiger partial charge in [-0.25, -0.2) is 0 Å². The van der Waals surface area contributed by atoms with E-state index in [9.17, 15) is 20.1 Å². The molecule has 0 aliphatic carbocycles. The number of phenolic OH excluding ortho intramolecular Hbond substituents is 2. The van der Waals surface area contributed by atoms with Crippen molar-refractivity contribution in [2.24, 2.45) is 0 Å². The molecule has 0 radical (unpaired) electrons. The third kappa shape index (κ3) is 8.78. The third-order valence-electron chi connectivity index (χ3n) is 7.49. The van der Waals surface area contributed by atoms with Crippen molar-refractivity contribution in [3.05, 3.63) is 53.6 Å². The highest BCUT2D eigenvalue weighted by atomic mass is 33.1. The molecule has 0 aromatic heterocycles. The van der Waals surface area contributed by atoms with Crippen molar-refractivity contribution >= 4 is 38.1 Å². The maximum Gasteiger partial charge on any atom is 0.168 e. The number of hydrogen-bond donors (Lipinski definition) is 5. The third-order valence-corrected chi connectivity index (χ3v) is 9.85. The second-order valence-corrected chi connectivity index (χ2v) is 13.0. The largest absolute Gasteiger partial charge is 0.508 e. The summed E-state index contributed by atoms with van der Waals surface area (Å²) in [6.07, 6.45) is 2.82. The zero-order valence-electron chi connectivity index (χ0n) is 24.0. The van der Waals surface area contributed by atoms with Gasteiger partial charge in [-0.1, -0.05) is 45.9 Å². The number of aliphatic hydroxyl groups is 2. The van der Waals surface area contributed by atoms with Gasteiger partial charge in [-0.05, 0) is 84.3 Å². The van der Waals surface area contributed by atoms with E-state index in [1.54, 1.807) is 39.8 Å². The van der Waals surface area contributed by atoms with Gasteiger partial charge in [0.1, 0.15) is 11.5 Å². The fourth-order valence-corrected chi connectivity index (χ4v) is 7.55. The first-order chi connectivity index (χ1) is 20.4. The normalized spacial score (nSPS) is 18.9. The molecule has 0 amide bonds. The fraction of sp³-hybridized carbons (Fsp3) is 0.469. The van der Waals surface area contributed by atoms with Crippen LogP contribution in [0.15, 0.2) is 42.5 Å². The molecule has 10 heteroatoms. The Kier molecular flexibility index (Phi) is 12.7. The number of aryl methyl sites for hydroxylation is 1. The Hall–Kier alpha value is -2.47. The molecule has 8 nitrogen and oxygen atoms in total. The number of nitrogens with one attached hydrogen (secondary N) is 1. The summed E-state index contributed by atoms with van der Waals surface area (Å²) < 4.78 is 11.7. The number of aliphatic hydroxyl groups excluding tert-OH is 2. The van der Waals surface area contributed by atoms with Gasteiger partial charge in [-0.15, -0.1) is 0 Å². The minimum Gasteiger partial charge on any atom is -0.508 e. The number of unbranched alkanes of at least 4 members (excludes halogenated alkanes) is 1. The second-order valence-electron chi connectivity index (χ2n) is 10.5. The van der Waals surface area contributed by atoms with Crippen molar-refractivity contribution in [1.29, 1.82) is 0 Å². The van der Waals surface area contributed by atoms with Gasteiger partial charge in [0.25, 0.3) is 0 Å². The van der Waals surface area contributed by atoms with Gasteiger partial charge >= 0.3 is 0 Å². The quantitative estimate of drug-likeness (QED) is 0.125. The number of ketones is 1. The maximum atomic E-state index is 13.2. The Balaban J connectivity index is 1.65. The molecule has 0 spiro atoms. The maximum absolute atomic E-state index is 13.2. The highest BCUT2D eigenvalue weighted by Gasteiger charge is 2.23. The van der Waals surface area contributed by atoms with Gasteiger partial charge in [-0.3, -0.25) is 10.1 Å². The molecule has 1 aliphatic rings. The van der Waals surface area contributed by atoms with Crippen molar-refractivity contribution in [1.82, 2.24) is 5.32 Å². The van der Waals surface area contributed by atoms with Crippen molar-refractivity contribution in [3.8, 4) is 28.4 Å². The molecular formula is C32H41NO7S2. The Morgan fingerprint density at radius 2 is 1.86 bits per heavy atom. The molecule has 0 fully saturated rings. The molecule has 3 aromatic carbocycles. The van der Waals surface area contributed by atoms with Gasteiger partial charge in [-0.2, -0.15) is 0 Å². The number of hydrogen-bond acceptors (Lipinski definition) is 10. The smallest absolute Gasteiger partial charge is 0.168 e. The van der Waals surface area contributed by atoms with Gasteiger partial charge in [0.2, 0.25) is 0 Å². The molecule has 2 atom stereocenters. The molecule has 5 N–H and O–H groups in total. The van der Waals surface area contributed by atoms with E-state index in [4.69, 9.17) is 14.6 Å². The van der Waals surface area contributed by atoms with Crippen LogP contribution in [0.1, 0.15) is 49.7 Å². The lowest BCUT2D eigenvalue weighted by molar-refractivity contribution is -0.122. The zero-order chi connectivity index (χ0) is 29.9. The molecule has 3 aromatic rings. The molecule has 0 saturated carbocycles. The van der Waals surface area contributed by atoms with Crippen LogP contribution in [0.2, 0.25) is 0 Å². The molecule has 0 saturated heterocycles. The first-order valence-electron chi connectivity index (χ1n) is 14.4. The summed E-state index contributed by atoms with van der Waals surface area (Å²) in [4.78, 5) is 13.2. The Morgan fingerprint density at radius 3 is 2.67 bits per heavy atom. The standard InChI is InChI=1S/C32H41NO7S2/c1-39-32-30(38)13-7-22-5-9-23(35)16-26(40-20-33-14-2-3-15-34)11-10-25(37)18-41-42-19-29-27(31(22)32)12-6-21-4-8-24(36)17-28(21)29/h4,6-8,12-13,17,25-26,33-34,36-38H,2-3,5,9-11,14-16,18-20H2,1H3/t25-,26+/m0/s1. The zero-order valence-corrected chi connectivity index (χ0v) is 25.6. The molecule has 0 unspecified atom stereocenters. The molecule has 1 aliphatic heterocycles. The van der Waals surface area contributed by atoms with Crippen LogP contribution >= 0.6 is 21.6 Å². The summed E-state index contributed by atoms with van der Waals surface area (Å²) in [7, 11) is 4.74. The average Bonchev–Trinajstić information content (AvgIpc) is 2.98. The van der Waals surface area contributed by atoms with Gasteiger partial charge in [0.05, 0.1) is 26.0 Å². The molecule has 1 heterocycles. The van der Waals surface area contributed by atoms with Gasteiger partial charge in [0.15, 0.2) is 11.5 Å². The van der Waals surface area contributed by atoms with Crippen molar-refractivity contribution < 1.29 is 34.7 Å².